The third-order valence-corrected chi connectivity index (χ3v) is 3.77. The molecular weight excluding hydrogens is 298 g/mol. The first kappa shape index (κ1) is 14.7. The van der Waals surface area contributed by atoms with E-state index in [0.29, 0.717) is 38.9 Å². The maximum atomic E-state index is 11.2. The molecule has 2 aromatic heterocycles. The minimum atomic E-state index is -1.08. The van der Waals surface area contributed by atoms with Gasteiger partial charge in [0, 0.05) is 10.8 Å². The van der Waals surface area contributed by atoms with Crippen LogP contribution in [0.4, 0.5) is 5.69 Å². The van der Waals surface area contributed by atoms with Crippen LogP contribution in [-0.4, -0.2) is 32.1 Å². The maximum absolute atomic E-state index is 11.2. The van der Waals surface area contributed by atoms with E-state index in [9.17, 15) is 19.8 Å². The van der Waals surface area contributed by atoms with Crippen LogP contribution in [0.3, 0.4) is 0 Å². The number of aromatic carboxylic acids is 2. The van der Waals surface area contributed by atoms with Crippen LogP contribution in [0, 0.1) is 13.8 Å². The number of fused-ring (bicyclic) bond motifs is 2. The predicted molar refractivity (Wildman–Crippen MR) is 84.8 cm³/mol. The van der Waals surface area contributed by atoms with Crippen molar-refractivity contribution in [3.05, 3.63) is 40.7 Å². The topological polar surface area (TPSA) is 126 Å². The summed E-state index contributed by atoms with van der Waals surface area (Å²) < 4.78 is 0. The molecule has 3 aromatic rings. The van der Waals surface area contributed by atoms with Crippen LogP contribution >= 0.6 is 0 Å². The van der Waals surface area contributed by atoms with E-state index >= 15 is 0 Å². The van der Waals surface area contributed by atoms with Gasteiger partial charge in [-0.15, -0.1) is 0 Å². The van der Waals surface area contributed by atoms with Crippen molar-refractivity contribution in [1.29, 1.82) is 0 Å². The number of carboxylic acids is 2. The fourth-order valence-electron chi connectivity index (χ4n) is 2.61. The van der Waals surface area contributed by atoms with Crippen LogP contribution in [0.25, 0.3) is 21.8 Å². The molecule has 0 saturated carbocycles. The van der Waals surface area contributed by atoms with Crippen molar-refractivity contribution in [2.45, 2.75) is 13.8 Å². The molecule has 0 saturated heterocycles. The molecule has 0 spiro atoms. The van der Waals surface area contributed by atoms with Gasteiger partial charge in [0.2, 0.25) is 0 Å². The Labute approximate surface area is 130 Å². The van der Waals surface area contributed by atoms with Gasteiger partial charge < -0.3 is 15.9 Å². The van der Waals surface area contributed by atoms with Crippen molar-refractivity contribution in [3.8, 4) is 0 Å². The number of benzene rings is 1. The molecule has 0 unspecified atom stereocenters. The molecule has 0 radical (unpaired) electrons. The van der Waals surface area contributed by atoms with E-state index in [2.05, 4.69) is 9.97 Å². The second-order valence-electron chi connectivity index (χ2n) is 5.29. The van der Waals surface area contributed by atoms with Crippen LogP contribution in [0.1, 0.15) is 32.1 Å². The maximum Gasteiger partial charge on any atom is 0.337 e. The SMILES string of the molecule is Cc1nc2c(N)c3nc(C)c(C(=O)O)cc3cc2cc1C(=O)O. The Morgan fingerprint density at radius 1 is 0.870 bits per heavy atom. The number of rotatable bonds is 2. The Balaban J connectivity index is 2.45. The highest BCUT2D eigenvalue weighted by Gasteiger charge is 2.16. The van der Waals surface area contributed by atoms with E-state index in [1.54, 1.807) is 19.9 Å². The van der Waals surface area contributed by atoms with Crippen LogP contribution in [0.15, 0.2) is 18.2 Å². The molecule has 0 aliphatic rings. The van der Waals surface area contributed by atoms with Gasteiger partial charge >= 0.3 is 11.9 Å². The molecule has 0 aliphatic carbocycles. The van der Waals surface area contributed by atoms with Gasteiger partial charge in [-0.05, 0) is 32.0 Å². The van der Waals surface area contributed by atoms with E-state index in [0.717, 1.165) is 0 Å². The van der Waals surface area contributed by atoms with Gasteiger partial charge in [0.15, 0.2) is 0 Å². The lowest BCUT2D eigenvalue weighted by atomic mass is 10.0. The smallest absolute Gasteiger partial charge is 0.337 e. The fraction of sp³-hybridized carbons (Fsp3) is 0.125. The summed E-state index contributed by atoms with van der Waals surface area (Å²) in [6.07, 6.45) is 0. The minimum Gasteiger partial charge on any atom is -0.478 e. The number of nitrogen functional groups attached to an aromatic ring is 1. The number of hydrogen-bond donors (Lipinski definition) is 3. The van der Waals surface area contributed by atoms with Crippen molar-refractivity contribution in [2.24, 2.45) is 0 Å². The zero-order valence-corrected chi connectivity index (χ0v) is 12.4. The highest BCUT2D eigenvalue weighted by atomic mass is 16.4. The van der Waals surface area contributed by atoms with Crippen molar-refractivity contribution < 1.29 is 19.8 Å². The van der Waals surface area contributed by atoms with Crippen molar-refractivity contribution in [1.82, 2.24) is 9.97 Å². The molecule has 0 bridgehead atoms. The molecule has 2 heterocycles. The van der Waals surface area contributed by atoms with Gasteiger partial charge in [-0.3, -0.25) is 0 Å². The highest BCUT2D eigenvalue weighted by molar-refractivity contribution is 6.09. The average Bonchev–Trinajstić information content (AvgIpc) is 2.47. The highest BCUT2D eigenvalue weighted by Crippen LogP contribution is 2.30. The lowest BCUT2D eigenvalue weighted by molar-refractivity contribution is 0.0685. The zero-order chi connectivity index (χ0) is 16.9. The number of nitrogens with two attached hydrogens (primary N) is 1. The van der Waals surface area contributed by atoms with Gasteiger partial charge in [-0.2, -0.15) is 0 Å². The Kier molecular flexibility index (Phi) is 3.14. The standard InChI is InChI=1S/C16H13N3O4/c1-6-10(15(20)21)4-8-3-9-5-11(16(22)23)7(2)19-14(9)12(17)13(8)18-6/h3-5H,17H2,1-2H3,(H,20,21)(H,22,23). The Morgan fingerprint density at radius 3 is 1.61 bits per heavy atom. The summed E-state index contributed by atoms with van der Waals surface area (Å²) in [4.78, 5) is 31.0. The summed E-state index contributed by atoms with van der Waals surface area (Å²) >= 11 is 0. The molecule has 7 heteroatoms. The van der Waals surface area contributed by atoms with Crippen LogP contribution in [0.5, 0.6) is 0 Å². The first-order chi connectivity index (χ1) is 10.8. The predicted octanol–water partition coefficient (Wildman–Crippen LogP) is 2.38. The number of aromatic nitrogens is 2. The normalized spacial score (nSPS) is 11.0. The van der Waals surface area contributed by atoms with Crippen molar-refractivity contribution >= 4 is 39.4 Å². The summed E-state index contributed by atoms with van der Waals surface area (Å²) in [5, 5.41) is 19.5. The summed E-state index contributed by atoms with van der Waals surface area (Å²) in [6.45, 7) is 3.19. The van der Waals surface area contributed by atoms with Crippen LogP contribution in [-0.2, 0) is 0 Å². The minimum absolute atomic E-state index is 0.0785. The molecule has 116 valence electrons. The van der Waals surface area contributed by atoms with Gasteiger partial charge in [0.1, 0.15) is 0 Å². The Morgan fingerprint density at radius 2 is 1.26 bits per heavy atom. The second kappa shape index (κ2) is 4.91. The van der Waals surface area contributed by atoms with E-state index in [-0.39, 0.29) is 11.1 Å². The number of hydrogen-bond acceptors (Lipinski definition) is 5. The summed E-state index contributed by atoms with van der Waals surface area (Å²) in [5.41, 5.74) is 8.21. The molecule has 1 aromatic carbocycles. The molecule has 23 heavy (non-hydrogen) atoms. The average molecular weight is 311 g/mol. The fourth-order valence-corrected chi connectivity index (χ4v) is 2.61. The van der Waals surface area contributed by atoms with E-state index in [1.807, 2.05) is 0 Å². The number of carboxylic acid groups (broad SMARTS) is 2. The monoisotopic (exact) mass is 311 g/mol. The van der Waals surface area contributed by atoms with E-state index < -0.39 is 11.9 Å². The number of nitrogens with zero attached hydrogens (tertiary/aromatic N) is 2. The lowest BCUT2D eigenvalue weighted by Gasteiger charge is -2.10. The molecule has 0 atom stereocenters. The molecule has 4 N–H and O–H groups in total. The first-order valence-corrected chi connectivity index (χ1v) is 6.77. The van der Waals surface area contributed by atoms with Gasteiger partial charge in [0.25, 0.3) is 0 Å². The van der Waals surface area contributed by atoms with Gasteiger partial charge in [-0.25, -0.2) is 19.6 Å². The van der Waals surface area contributed by atoms with Gasteiger partial charge in [-0.1, -0.05) is 0 Å². The zero-order valence-electron chi connectivity index (χ0n) is 12.4. The second-order valence-corrected chi connectivity index (χ2v) is 5.29. The van der Waals surface area contributed by atoms with Crippen LogP contribution < -0.4 is 5.73 Å². The first-order valence-electron chi connectivity index (χ1n) is 6.77. The lowest BCUT2D eigenvalue weighted by Crippen LogP contribution is -2.05. The van der Waals surface area contributed by atoms with Crippen LogP contribution in [0.2, 0.25) is 0 Å². The summed E-state index contributed by atoms with van der Waals surface area (Å²) in [6, 6.07) is 4.62. The Hall–Kier alpha value is -3.22. The molecule has 0 fully saturated rings. The number of anilines is 1. The van der Waals surface area contributed by atoms with Crippen molar-refractivity contribution in [2.75, 3.05) is 5.73 Å². The number of pyridine rings is 2. The largest absolute Gasteiger partial charge is 0.478 e. The molecule has 0 aliphatic heterocycles. The quantitative estimate of drug-likeness (QED) is 0.490. The van der Waals surface area contributed by atoms with Crippen molar-refractivity contribution in [3.63, 3.8) is 0 Å². The third-order valence-electron chi connectivity index (χ3n) is 3.77. The molecular formula is C16H13N3O4. The number of carbonyl (C=O) groups is 2. The summed E-state index contributed by atoms with van der Waals surface area (Å²) in [5.74, 6) is -2.16. The third kappa shape index (κ3) is 2.22. The van der Waals surface area contributed by atoms with E-state index in [1.165, 1.54) is 12.1 Å². The molecule has 7 nitrogen and oxygen atoms in total. The number of aryl methyl sites for hydroxylation is 2. The van der Waals surface area contributed by atoms with E-state index in [4.69, 9.17) is 5.73 Å². The summed E-state index contributed by atoms with van der Waals surface area (Å²) in [7, 11) is 0. The Bertz CT molecular complexity index is 934. The molecule has 3 rings (SSSR count). The van der Waals surface area contributed by atoms with Gasteiger partial charge in [0.05, 0.1) is 39.2 Å². The molecule has 0 amide bonds.